The number of hydrogen-bond acceptors (Lipinski definition) is 1. The molecular weight excluding hydrogens is 186 g/mol. The topological polar surface area (TPSA) is 20.3 Å². The second-order valence-corrected chi connectivity index (χ2v) is 3.48. The summed E-state index contributed by atoms with van der Waals surface area (Å²) >= 11 is 5.66. The van der Waals surface area contributed by atoms with E-state index in [0.717, 1.165) is 12.8 Å². The van der Waals surface area contributed by atoms with Crippen LogP contribution in [-0.2, 0) is 4.79 Å². The average molecular weight is 206 g/mol. The number of nitrogens with zero attached hydrogens (tertiary/aromatic N) is 1. The van der Waals surface area contributed by atoms with Gasteiger partial charge in [0, 0.05) is 24.9 Å². The zero-order valence-electron chi connectivity index (χ0n) is 8.85. The van der Waals surface area contributed by atoms with Gasteiger partial charge in [-0.1, -0.05) is 20.8 Å². The molecule has 3 heteroatoms. The lowest BCUT2D eigenvalue weighted by molar-refractivity contribution is -0.133. The number of rotatable bonds is 6. The Balaban J connectivity index is 4.28. The van der Waals surface area contributed by atoms with Gasteiger partial charge in [0.15, 0.2) is 0 Å². The Kier molecular flexibility index (Phi) is 7.06. The predicted molar refractivity (Wildman–Crippen MR) is 57.1 cm³/mol. The van der Waals surface area contributed by atoms with Crippen molar-refractivity contribution in [2.75, 3.05) is 12.4 Å². The number of amides is 1. The summed E-state index contributed by atoms with van der Waals surface area (Å²) in [5.41, 5.74) is 0. The van der Waals surface area contributed by atoms with Crippen LogP contribution >= 0.6 is 11.6 Å². The van der Waals surface area contributed by atoms with Crippen LogP contribution in [0.2, 0.25) is 0 Å². The molecule has 78 valence electrons. The summed E-state index contributed by atoms with van der Waals surface area (Å²) in [4.78, 5) is 13.4. The van der Waals surface area contributed by atoms with E-state index < -0.39 is 0 Å². The largest absolute Gasteiger partial charge is 0.339 e. The van der Waals surface area contributed by atoms with Gasteiger partial charge in [0.1, 0.15) is 0 Å². The molecule has 0 bridgehead atoms. The van der Waals surface area contributed by atoms with E-state index in [-0.39, 0.29) is 5.91 Å². The molecular formula is C10H20ClNO. The fourth-order valence-corrected chi connectivity index (χ4v) is 1.72. The quantitative estimate of drug-likeness (QED) is 0.611. The maximum atomic E-state index is 11.5. The minimum absolute atomic E-state index is 0.217. The molecule has 0 N–H and O–H groups in total. The maximum Gasteiger partial charge on any atom is 0.222 e. The second kappa shape index (κ2) is 7.19. The molecule has 0 aromatic heterocycles. The van der Waals surface area contributed by atoms with Gasteiger partial charge in [-0.15, -0.1) is 11.6 Å². The molecule has 0 fully saturated rings. The average Bonchev–Trinajstić information content (AvgIpc) is 2.17. The van der Waals surface area contributed by atoms with Gasteiger partial charge in [-0.05, 0) is 12.8 Å². The molecule has 0 rings (SSSR count). The van der Waals surface area contributed by atoms with Crippen molar-refractivity contribution < 1.29 is 4.79 Å². The minimum Gasteiger partial charge on any atom is -0.339 e. The highest BCUT2D eigenvalue weighted by Crippen LogP contribution is 2.10. The number of carbonyl (C=O) groups excluding carboxylic acids is 1. The second-order valence-electron chi connectivity index (χ2n) is 3.10. The van der Waals surface area contributed by atoms with Crippen LogP contribution in [-0.4, -0.2) is 29.3 Å². The summed E-state index contributed by atoms with van der Waals surface area (Å²) in [5, 5.41) is 0. The maximum absolute atomic E-state index is 11.5. The standard InChI is InChI=1S/C10H20ClNO/c1-4-9(5-2)12(8-7-11)10(13)6-3/h9H,4-8H2,1-3H3. The van der Waals surface area contributed by atoms with Gasteiger partial charge in [-0.2, -0.15) is 0 Å². The van der Waals surface area contributed by atoms with Crippen LogP contribution in [0.15, 0.2) is 0 Å². The van der Waals surface area contributed by atoms with Gasteiger partial charge >= 0.3 is 0 Å². The van der Waals surface area contributed by atoms with E-state index in [4.69, 9.17) is 11.6 Å². The molecule has 0 aliphatic carbocycles. The SMILES string of the molecule is CCC(=O)N(CCCl)C(CC)CC. The van der Waals surface area contributed by atoms with Crippen molar-refractivity contribution in [3.05, 3.63) is 0 Å². The van der Waals surface area contributed by atoms with Crippen LogP contribution in [0.1, 0.15) is 40.0 Å². The molecule has 1 amide bonds. The Morgan fingerprint density at radius 1 is 1.31 bits per heavy atom. The first kappa shape index (κ1) is 12.8. The minimum atomic E-state index is 0.217. The number of halogens is 1. The van der Waals surface area contributed by atoms with Crippen LogP contribution in [0, 0.1) is 0 Å². The van der Waals surface area contributed by atoms with Gasteiger partial charge in [0.25, 0.3) is 0 Å². The lowest BCUT2D eigenvalue weighted by Crippen LogP contribution is -2.40. The molecule has 0 atom stereocenters. The first-order valence-electron chi connectivity index (χ1n) is 5.06. The molecule has 0 heterocycles. The molecule has 2 nitrogen and oxygen atoms in total. The van der Waals surface area contributed by atoms with E-state index >= 15 is 0 Å². The number of carbonyl (C=O) groups is 1. The lowest BCUT2D eigenvalue weighted by Gasteiger charge is -2.29. The third kappa shape index (κ3) is 3.99. The van der Waals surface area contributed by atoms with Gasteiger partial charge < -0.3 is 4.90 Å². The molecule has 0 aliphatic rings. The summed E-state index contributed by atoms with van der Waals surface area (Å²) < 4.78 is 0. The zero-order chi connectivity index (χ0) is 10.3. The van der Waals surface area contributed by atoms with E-state index in [1.54, 1.807) is 0 Å². The Morgan fingerprint density at radius 3 is 2.15 bits per heavy atom. The fraction of sp³-hybridized carbons (Fsp3) is 0.900. The Morgan fingerprint density at radius 2 is 1.85 bits per heavy atom. The Bertz CT molecular complexity index is 146. The molecule has 0 saturated heterocycles. The van der Waals surface area contributed by atoms with Crippen molar-refractivity contribution in [1.82, 2.24) is 4.90 Å². The van der Waals surface area contributed by atoms with Crippen molar-refractivity contribution in [3.8, 4) is 0 Å². The van der Waals surface area contributed by atoms with Crippen LogP contribution in [0.25, 0.3) is 0 Å². The highest BCUT2D eigenvalue weighted by atomic mass is 35.5. The van der Waals surface area contributed by atoms with Crippen LogP contribution in [0.3, 0.4) is 0 Å². The summed E-state index contributed by atoms with van der Waals surface area (Å²) in [6, 6.07) is 0.367. The van der Waals surface area contributed by atoms with Gasteiger partial charge in [-0.3, -0.25) is 4.79 Å². The summed E-state index contributed by atoms with van der Waals surface area (Å²) in [6.07, 6.45) is 2.60. The van der Waals surface area contributed by atoms with Gasteiger partial charge in [-0.25, -0.2) is 0 Å². The monoisotopic (exact) mass is 205 g/mol. The van der Waals surface area contributed by atoms with Crippen molar-refractivity contribution >= 4 is 17.5 Å². The van der Waals surface area contributed by atoms with Gasteiger partial charge in [0.05, 0.1) is 0 Å². The molecule has 0 aromatic rings. The van der Waals surface area contributed by atoms with E-state index in [9.17, 15) is 4.79 Å². The van der Waals surface area contributed by atoms with Crippen molar-refractivity contribution in [2.24, 2.45) is 0 Å². The van der Waals surface area contributed by atoms with Crippen molar-refractivity contribution in [1.29, 1.82) is 0 Å². The first-order valence-corrected chi connectivity index (χ1v) is 5.60. The lowest BCUT2D eigenvalue weighted by atomic mass is 10.1. The summed E-state index contributed by atoms with van der Waals surface area (Å²) in [7, 11) is 0. The van der Waals surface area contributed by atoms with Crippen molar-refractivity contribution in [3.63, 3.8) is 0 Å². The molecule has 0 spiro atoms. The molecule has 0 unspecified atom stereocenters. The zero-order valence-corrected chi connectivity index (χ0v) is 9.60. The smallest absolute Gasteiger partial charge is 0.222 e. The van der Waals surface area contributed by atoms with E-state index in [2.05, 4.69) is 13.8 Å². The van der Waals surface area contributed by atoms with E-state index in [0.29, 0.717) is 24.9 Å². The van der Waals surface area contributed by atoms with E-state index in [1.165, 1.54) is 0 Å². The third-order valence-electron chi connectivity index (χ3n) is 2.33. The summed E-state index contributed by atoms with van der Waals surface area (Å²) in [5.74, 6) is 0.747. The van der Waals surface area contributed by atoms with Crippen molar-refractivity contribution in [2.45, 2.75) is 46.1 Å². The third-order valence-corrected chi connectivity index (χ3v) is 2.50. The predicted octanol–water partition coefficient (Wildman–Crippen LogP) is 2.65. The first-order chi connectivity index (χ1) is 6.21. The van der Waals surface area contributed by atoms with Crippen LogP contribution in [0.5, 0.6) is 0 Å². The normalized spacial score (nSPS) is 10.5. The van der Waals surface area contributed by atoms with Crippen LogP contribution < -0.4 is 0 Å². The Hall–Kier alpha value is -0.240. The molecule has 0 aromatic carbocycles. The van der Waals surface area contributed by atoms with Gasteiger partial charge in [0.2, 0.25) is 5.91 Å². The molecule has 0 radical (unpaired) electrons. The summed E-state index contributed by atoms with van der Waals surface area (Å²) in [6.45, 7) is 6.79. The fourth-order valence-electron chi connectivity index (χ4n) is 1.53. The molecule has 0 saturated carbocycles. The molecule has 0 aliphatic heterocycles. The Labute approximate surface area is 86.2 Å². The molecule has 13 heavy (non-hydrogen) atoms. The highest BCUT2D eigenvalue weighted by molar-refractivity contribution is 6.18. The highest BCUT2D eigenvalue weighted by Gasteiger charge is 2.18. The number of hydrogen-bond donors (Lipinski definition) is 0. The van der Waals surface area contributed by atoms with E-state index in [1.807, 2.05) is 11.8 Å². The number of alkyl halides is 1. The van der Waals surface area contributed by atoms with Crippen LogP contribution in [0.4, 0.5) is 0 Å².